The van der Waals surface area contributed by atoms with Gasteiger partial charge in [0.1, 0.15) is 5.75 Å². The van der Waals surface area contributed by atoms with Crippen molar-refractivity contribution >= 4 is 33.6 Å². The lowest BCUT2D eigenvalue weighted by atomic mass is 10.0. The Balaban J connectivity index is 1.33. The number of fused-ring (bicyclic) bond motifs is 1. The number of halogens is 1. The molecule has 1 N–H and O–H groups in total. The Morgan fingerprint density at radius 2 is 2.17 bits per heavy atom. The van der Waals surface area contributed by atoms with E-state index in [-0.39, 0.29) is 17.2 Å². The zero-order valence-corrected chi connectivity index (χ0v) is 18.2. The molecule has 2 unspecified atom stereocenters. The first-order chi connectivity index (χ1) is 14.1. The summed E-state index contributed by atoms with van der Waals surface area (Å²) in [5.74, 6) is 2.34. The van der Waals surface area contributed by atoms with Crippen LogP contribution in [0.4, 0.5) is 0 Å². The largest absolute Gasteiger partial charge is 0.493 e. The molecule has 0 fully saturated rings. The van der Waals surface area contributed by atoms with Crippen LogP contribution < -0.4 is 10.1 Å². The topological polar surface area (TPSA) is 77.2 Å². The summed E-state index contributed by atoms with van der Waals surface area (Å²) in [7, 11) is 0. The number of para-hydroxylation sites is 1. The first kappa shape index (κ1) is 20.0. The van der Waals surface area contributed by atoms with Crippen molar-refractivity contribution in [3.63, 3.8) is 0 Å². The van der Waals surface area contributed by atoms with Gasteiger partial charge in [0.25, 0.3) is 0 Å². The summed E-state index contributed by atoms with van der Waals surface area (Å²) in [4.78, 5) is 17.1. The van der Waals surface area contributed by atoms with Gasteiger partial charge in [0.15, 0.2) is 0 Å². The standard InChI is InChI=1S/C21H20BrN3O3S/c1-13(21(26)23-17-9-10-27-18-8-3-2-7-16(17)18)29-12-19-24-20(25-28-19)14-5-4-6-15(22)11-14/h2-8,11,13,17H,9-10,12H2,1H3,(H,23,26). The normalized spacial score (nSPS) is 16.6. The van der Waals surface area contributed by atoms with Gasteiger partial charge in [0.05, 0.1) is 23.7 Å². The minimum absolute atomic E-state index is 0.0107. The number of rotatable bonds is 6. The van der Waals surface area contributed by atoms with Crippen LogP contribution in [0.1, 0.15) is 30.8 Å². The molecule has 2 aromatic carbocycles. The molecule has 1 amide bonds. The summed E-state index contributed by atoms with van der Waals surface area (Å²) in [6.07, 6.45) is 0.764. The Bertz CT molecular complexity index is 1010. The van der Waals surface area contributed by atoms with Crippen molar-refractivity contribution in [2.45, 2.75) is 30.4 Å². The Kier molecular flexibility index (Phi) is 6.20. The molecule has 4 rings (SSSR count). The van der Waals surface area contributed by atoms with Crippen molar-refractivity contribution in [1.29, 1.82) is 0 Å². The minimum atomic E-state index is -0.244. The van der Waals surface area contributed by atoms with Gasteiger partial charge in [-0.2, -0.15) is 4.98 Å². The highest BCUT2D eigenvalue weighted by molar-refractivity contribution is 9.10. The summed E-state index contributed by atoms with van der Waals surface area (Å²) in [6, 6.07) is 15.5. The average molecular weight is 474 g/mol. The molecule has 1 aliphatic rings. The quantitative estimate of drug-likeness (QED) is 0.555. The zero-order chi connectivity index (χ0) is 20.2. The Morgan fingerprint density at radius 1 is 1.31 bits per heavy atom. The van der Waals surface area contributed by atoms with E-state index in [0.29, 0.717) is 24.1 Å². The van der Waals surface area contributed by atoms with Crippen molar-refractivity contribution in [3.05, 3.63) is 64.5 Å². The summed E-state index contributed by atoms with van der Waals surface area (Å²) in [5, 5.41) is 6.93. The number of thioether (sulfide) groups is 1. The number of hydrogen-bond acceptors (Lipinski definition) is 6. The van der Waals surface area contributed by atoms with Crippen LogP contribution in [0.25, 0.3) is 11.4 Å². The summed E-state index contributed by atoms with van der Waals surface area (Å²) < 4.78 is 12.0. The molecule has 1 aromatic heterocycles. The lowest BCUT2D eigenvalue weighted by molar-refractivity contribution is -0.121. The van der Waals surface area contributed by atoms with Gasteiger partial charge in [-0.15, -0.1) is 11.8 Å². The second-order valence-electron chi connectivity index (χ2n) is 6.71. The molecule has 150 valence electrons. The first-order valence-electron chi connectivity index (χ1n) is 9.32. The molecule has 0 bridgehead atoms. The molecule has 29 heavy (non-hydrogen) atoms. The van der Waals surface area contributed by atoms with E-state index in [1.165, 1.54) is 11.8 Å². The molecule has 0 saturated carbocycles. The molecule has 2 atom stereocenters. The summed E-state index contributed by atoms with van der Waals surface area (Å²) in [5.41, 5.74) is 1.91. The fraction of sp³-hybridized carbons (Fsp3) is 0.286. The lowest BCUT2D eigenvalue weighted by Crippen LogP contribution is -2.36. The number of benzene rings is 2. The highest BCUT2D eigenvalue weighted by Crippen LogP contribution is 2.32. The van der Waals surface area contributed by atoms with E-state index in [1.807, 2.05) is 55.5 Å². The van der Waals surface area contributed by atoms with Crippen molar-refractivity contribution < 1.29 is 14.1 Å². The molecule has 0 saturated heterocycles. The molecule has 0 spiro atoms. The average Bonchev–Trinajstić information content (AvgIpc) is 3.21. The molecule has 8 heteroatoms. The Labute approximate surface area is 181 Å². The highest BCUT2D eigenvalue weighted by atomic mass is 79.9. The van der Waals surface area contributed by atoms with Crippen LogP contribution in [-0.4, -0.2) is 27.9 Å². The van der Waals surface area contributed by atoms with Crippen LogP contribution in [0.2, 0.25) is 0 Å². The second-order valence-corrected chi connectivity index (χ2v) is 8.96. The third-order valence-corrected chi connectivity index (χ3v) is 6.27. The number of nitrogens with zero attached hydrogens (tertiary/aromatic N) is 2. The van der Waals surface area contributed by atoms with Crippen molar-refractivity contribution in [2.75, 3.05) is 6.61 Å². The van der Waals surface area contributed by atoms with Gasteiger partial charge in [-0.3, -0.25) is 4.79 Å². The third-order valence-electron chi connectivity index (χ3n) is 4.65. The number of amides is 1. The van der Waals surface area contributed by atoms with Crippen molar-refractivity contribution in [1.82, 2.24) is 15.5 Å². The van der Waals surface area contributed by atoms with Gasteiger partial charge in [-0.1, -0.05) is 51.4 Å². The van der Waals surface area contributed by atoms with E-state index in [9.17, 15) is 4.79 Å². The van der Waals surface area contributed by atoms with Crippen LogP contribution in [0.5, 0.6) is 5.75 Å². The van der Waals surface area contributed by atoms with E-state index in [4.69, 9.17) is 9.26 Å². The maximum atomic E-state index is 12.7. The lowest BCUT2D eigenvalue weighted by Gasteiger charge is -2.27. The molecule has 6 nitrogen and oxygen atoms in total. The van der Waals surface area contributed by atoms with Gasteiger partial charge >= 0.3 is 0 Å². The number of carbonyl (C=O) groups excluding carboxylic acids is 1. The SMILES string of the molecule is CC(SCc1nc(-c2cccc(Br)c2)no1)C(=O)NC1CCOc2ccccc21. The second kappa shape index (κ2) is 9.00. The Morgan fingerprint density at radius 3 is 3.03 bits per heavy atom. The van der Waals surface area contributed by atoms with E-state index >= 15 is 0 Å². The number of hydrogen-bond donors (Lipinski definition) is 1. The molecule has 2 heterocycles. The van der Waals surface area contributed by atoms with Crippen molar-refractivity contribution in [2.24, 2.45) is 0 Å². The Hall–Kier alpha value is -2.32. The molecule has 0 aliphatic carbocycles. The van der Waals surface area contributed by atoms with E-state index in [0.717, 1.165) is 27.8 Å². The fourth-order valence-corrected chi connectivity index (χ4v) is 4.24. The van der Waals surface area contributed by atoms with Gasteiger partial charge < -0.3 is 14.6 Å². The van der Waals surface area contributed by atoms with E-state index in [1.54, 1.807) is 0 Å². The van der Waals surface area contributed by atoms with Gasteiger partial charge in [0, 0.05) is 22.0 Å². The number of ether oxygens (including phenoxy) is 1. The van der Waals surface area contributed by atoms with Gasteiger partial charge in [0.2, 0.25) is 17.6 Å². The molecular weight excluding hydrogens is 454 g/mol. The number of nitrogens with one attached hydrogen (secondary N) is 1. The van der Waals surface area contributed by atoms with Crippen LogP contribution in [0.3, 0.4) is 0 Å². The fourth-order valence-electron chi connectivity index (χ4n) is 3.11. The van der Waals surface area contributed by atoms with Crippen molar-refractivity contribution in [3.8, 4) is 17.1 Å². The van der Waals surface area contributed by atoms with Gasteiger partial charge in [-0.25, -0.2) is 0 Å². The summed E-state index contributed by atoms with van der Waals surface area (Å²) >= 11 is 4.91. The highest BCUT2D eigenvalue weighted by Gasteiger charge is 2.25. The maximum absolute atomic E-state index is 12.7. The number of aromatic nitrogens is 2. The van der Waals surface area contributed by atoms with Crippen LogP contribution in [0, 0.1) is 0 Å². The minimum Gasteiger partial charge on any atom is -0.493 e. The molecule has 1 aliphatic heterocycles. The maximum Gasteiger partial charge on any atom is 0.236 e. The first-order valence-corrected chi connectivity index (χ1v) is 11.2. The van der Waals surface area contributed by atoms with Crippen LogP contribution in [-0.2, 0) is 10.5 Å². The predicted octanol–water partition coefficient (Wildman–Crippen LogP) is 4.76. The van der Waals surface area contributed by atoms with Crippen LogP contribution in [0.15, 0.2) is 57.5 Å². The smallest absolute Gasteiger partial charge is 0.236 e. The number of carbonyl (C=O) groups is 1. The molecule has 3 aromatic rings. The molecular formula is C21H20BrN3O3S. The zero-order valence-electron chi connectivity index (χ0n) is 15.8. The van der Waals surface area contributed by atoms with E-state index in [2.05, 4.69) is 31.4 Å². The molecule has 0 radical (unpaired) electrons. The predicted molar refractivity (Wildman–Crippen MR) is 116 cm³/mol. The monoisotopic (exact) mass is 473 g/mol. The summed E-state index contributed by atoms with van der Waals surface area (Å²) in [6.45, 7) is 2.49. The van der Waals surface area contributed by atoms with Crippen LogP contribution >= 0.6 is 27.7 Å². The van der Waals surface area contributed by atoms with E-state index < -0.39 is 0 Å². The third kappa shape index (κ3) is 4.82. The van der Waals surface area contributed by atoms with Gasteiger partial charge in [-0.05, 0) is 25.1 Å².